The molecule has 10 nitrogen and oxygen atoms in total. The van der Waals surface area contributed by atoms with E-state index >= 15 is 0 Å². The molecule has 0 radical (unpaired) electrons. The molecule has 1 aromatic heterocycles. The zero-order valence-corrected chi connectivity index (χ0v) is 24.0. The number of Topliss-reactive ketones (excluding diaryl/α,β-unsaturated/α-hetero) is 1. The molecule has 0 fully saturated rings. The molecule has 218 valence electrons. The topological polar surface area (TPSA) is 131 Å². The number of hydrogen-bond donors (Lipinski definition) is 2. The number of aromatic nitrogens is 1. The van der Waals surface area contributed by atoms with Gasteiger partial charge >= 0.3 is 6.09 Å². The summed E-state index contributed by atoms with van der Waals surface area (Å²) in [6, 6.07) is 16.8. The number of carbonyl (C=O) groups is 4. The Kier molecular flexibility index (Phi) is 11.6. The van der Waals surface area contributed by atoms with Crippen molar-refractivity contribution in [3.05, 3.63) is 89.6 Å². The Bertz CT molecular complexity index is 1290. The van der Waals surface area contributed by atoms with Crippen molar-refractivity contribution < 1.29 is 28.3 Å². The molecule has 0 aliphatic carbocycles. The lowest BCUT2D eigenvalue weighted by Crippen LogP contribution is -2.52. The van der Waals surface area contributed by atoms with E-state index < -0.39 is 29.9 Å². The van der Waals surface area contributed by atoms with Crippen LogP contribution < -0.4 is 10.6 Å². The molecule has 0 aliphatic rings. The van der Waals surface area contributed by atoms with Gasteiger partial charge in [0.05, 0.1) is 6.04 Å². The monoisotopic (exact) mass is 562 g/mol. The number of carbonyl (C=O) groups excluding carboxylic acids is 4. The van der Waals surface area contributed by atoms with Crippen molar-refractivity contribution >= 4 is 23.7 Å². The van der Waals surface area contributed by atoms with Gasteiger partial charge in [0.1, 0.15) is 18.9 Å². The van der Waals surface area contributed by atoms with E-state index in [-0.39, 0.29) is 36.4 Å². The first kappa shape index (κ1) is 31.1. The smallest absolute Gasteiger partial charge is 0.408 e. The number of oxazole rings is 1. The molecule has 2 N–H and O–H groups in total. The highest BCUT2D eigenvalue weighted by Gasteiger charge is 2.31. The van der Waals surface area contributed by atoms with Crippen LogP contribution in [0, 0.1) is 5.92 Å². The molecule has 2 unspecified atom stereocenters. The number of ether oxygens (including phenoxy) is 1. The maximum Gasteiger partial charge on any atom is 0.408 e. The third kappa shape index (κ3) is 9.59. The van der Waals surface area contributed by atoms with E-state index in [1.807, 2.05) is 81.4 Å². The molecule has 3 amide bonds. The van der Waals surface area contributed by atoms with Crippen LogP contribution in [-0.4, -0.2) is 59.3 Å². The number of nitrogens with one attached hydrogen (secondary N) is 2. The van der Waals surface area contributed by atoms with E-state index in [1.165, 1.54) is 4.90 Å². The minimum absolute atomic E-state index is 0.00588. The zero-order chi connectivity index (χ0) is 29.8. The Balaban J connectivity index is 1.75. The average Bonchev–Trinajstić information content (AvgIpc) is 3.48. The summed E-state index contributed by atoms with van der Waals surface area (Å²) in [7, 11) is 1.62. The molecule has 3 aromatic rings. The summed E-state index contributed by atoms with van der Waals surface area (Å²) in [6.45, 7) is 6.18. The number of aryl methyl sites for hydroxylation is 1. The summed E-state index contributed by atoms with van der Waals surface area (Å²) in [5.41, 5.74) is 1.80. The first-order valence-corrected chi connectivity index (χ1v) is 13.7. The molecule has 2 atom stereocenters. The maximum absolute atomic E-state index is 13.5. The predicted octanol–water partition coefficient (Wildman–Crippen LogP) is 4.41. The van der Waals surface area contributed by atoms with E-state index in [0.29, 0.717) is 19.4 Å². The zero-order valence-electron chi connectivity index (χ0n) is 24.0. The first-order chi connectivity index (χ1) is 19.7. The molecule has 0 saturated heterocycles. The summed E-state index contributed by atoms with van der Waals surface area (Å²) >= 11 is 0. The van der Waals surface area contributed by atoms with Crippen LogP contribution in [0.2, 0.25) is 0 Å². The van der Waals surface area contributed by atoms with E-state index in [2.05, 4.69) is 15.6 Å². The van der Waals surface area contributed by atoms with Crippen LogP contribution >= 0.6 is 0 Å². The standard InChI is InChI=1S/C31H38N4O6/c1-5-35(4)30(38)26-20-40-29(33-26)27(36)24(17-16-22-12-8-6-9-13-22)32-28(37)25(18-21(2)3)34-31(39)41-19-23-14-10-7-11-15-23/h6-15,20-21,24-25H,5,16-19H2,1-4H3,(H,32,37)(H,34,39). The SMILES string of the molecule is CCN(C)C(=O)c1coc(C(=O)C(CCc2ccccc2)NC(=O)C(CC(C)C)NC(=O)OCc2ccccc2)n1. The number of amides is 3. The van der Waals surface area contributed by atoms with Crippen LogP contribution in [0.5, 0.6) is 0 Å². The van der Waals surface area contributed by atoms with E-state index in [4.69, 9.17) is 9.15 Å². The number of hydrogen-bond acceptors (Lipinski definition) is 7. The molecule has 0 bridgehead atoms. The number of alkyl carbamates (subject to hydrolysis) is 1. The fourth-order valence-corrected chi connectivity index (χ4v) is 4.08. The highest BCUT2D eigenvalue weighted by Crippen LogP contribution is 2.14. The fourth-order valence-electron chi connectivity index (χ4n) is 4.08. The van der Waals surface area contributed by atoms with Crippen molar-refractivity contribution in [1.82, 2.24) is 20.5 Å². The number of rotatable bonds is 14. The van der Waals surface area contributed by atoms with Crippen LogP contribution in [0.4, 0.5) is 4.79 Å². The van der Waals surface area contributed by atoms with Gasteiger partial charge in [-0.3, -0.25) is 14.4 Å². The molecule has 0 saturated carbocycles. The van der Waals surface area contributed by atoms with Crippen molar-refractivity contribution in [2.45, 2.75) is 58.7 Å². The van der Waals surface area contributed by atoms with Gasteiger partial charge in [-0.1, -0.05) is 74.5 Å². The lowest BCUT2D eigenvalue weighted by Gasteiger charge is -2.23. The number of nitrogens with zero attached hydrogens (tertiary/aromatic N) is 2. The summed E-state index contributed by atoms with van der Waals surface area (Å²) in [5.74, 6) is -1.69. The first-order valence-electron chi connectivity index (χ1n) is 13.7. The van der Waals surface area contributed by atoms with Crippen LogP contribution in [0.3, 0.4) is 0 Å². The minimum atomic E-state index is -1.01. The van der Waals surface area contributed by atoms with Gasteiger partial charge in [0, 0.05) is 13.6 Å². The Labute approximate surface area is 240 Å². The molecular formula is C31H38N4O6. The number of ketones is 1. The molecule has 0 spiro atoms. The van der Waals surface area contributed by atoms with Gasteiger partial charge in [-0.05, 0) is 43.2 Å². The third-order valence-electron chi connectivity index (χ3n) is 6.48. The van der Waals surface area contributed by atoms with Gasteiger partial charge in [0.15, 0.2) is 5.69 Å². The molecule has 1 heterocycles. The Morgan fingerprint density at radius 2 is 1.56 bits per heavy atom. The fraction of sp³-hybridized carbons (Fsp3) is 0.387. The summed E-state index contributed by atoms with van der Waals surface area (Å²) in [6.07, 6.45) is 1.47. The van der Waals surface area contributed by atoms with Crippen LogP contribution in [0.15, 0.2) is 71.3 Å². The Morgan fingerprint density at radius 3 is 2.17 bits per heavy atom. The van der Waals surface area contributed by atoms with Gasteiger partial charge in [0.2, 0.25) is 11.7 Å². The van der Waals surface area contributed by atoms with Gasteiger partial charge in [-0.15, -0.1) is 0 Å². The summed E-state index contributed by atoms with van der Waals surface area (Å²) < 4.78 is 10.7. The minimum Gasteiger partial charge on any atom is -0.445 e. The van der Waals surface area contributed by atoms with E-state index in [1.54, 1.807) is 7.05 Å². The lowest BCUT2D eigenvalue weighted by atomic mass is 9.99. The average molecular weight is 563 g/mol. The second-order valence-corrected chi connectivity index (χ2v) is 10.2. The predicted molar refractivity (Wildman–Crippen MR) is 153 cm³/mol. The van der Waals surface area contributed by atoms with Crippen LogP contribution in [0.1, 0.15) is 65.9 Å². The lowest BCUT2D eigenvalue weighted by molar-refractivity contribution is -0.124. The summed E-state index contributed by atoms with van der Waals surface area (Å²) in [4.78, 5) is 57.5. The largest absolute Gasteiger partial charge is 0.445 e. The van der Waals surface area contributed by atoms with Crippen LogP contribution in [-0.2, 0) is 22.6 Å². The molecule has 3 rings (SSSR count). The molecule has 10 heteroatoms. The Hall–Kier alpha value is -4.47. The Morgan fingerprint density at radius 1 is 0.927 bits per heavy atom. The summed E-state index contributed by atoms with van der Waals surface area (Å²) in [5, 5.41) is 5.43. The maximum atomic E-state index is 13.5. The van der Waals surface area contributed by atoms with Gasteiger partial charge in [-0.2, -0.15) is 0 Å². The molecule has 41 heavy (non-hydrogen) atoms. The van der Waals surface area contributed by atoms with Crippen molar-refractivity contribution in [2.24, 2.45) is 5.92 Å². The quantitative estimate of drug-likeness (QED) is 0.278. The van der Waals surface area contributed by atoms with Crippen molar-refractivity contribution in [1.29, 1.82) is 0 Å². The van der Waals surface area contributed by atoms with Gasteiger partial charge < -0.3 is 24.7 Å². The van der Waals surface area contributed by atoms with Crippen LogP contribution in [0.25, 0.3) is 0 Å². The highest BCUT2D eigenvalue weighted by atomic mass is 16.5. The third-order valence-corrected chi connectivity index (χ3v) is 6.48. The highest BCUT2D eigenvalue weighted by molar-refractivity contribution is 6.00. The van der Waals surface area contributed by atoms with Crippen molar-refractivity contribution in [3.63, 3.8) is 0 Å². The molecule has 0 aliphatic heterocycles. The van der Waals surface area contributed by atoms with Gasteiger partial charge in [-0.25, -0.2) is 9.78 Å². The second kappa shape index (κ2) is 15.4. The van der Waals surface area contributed by atoms with E-state index in [9.17, 15) is 19.2 Å². The van der Waals surface area contributed by atoms with Crippen molar-refractivity contribution in [2.75, 3.05) is 13.6 Å². The van der Waals surface area contributed by atoms with Crippen molar-refractivity contribution in [3.8, 4) is 0 Å². The second-order valence-electron chi connectivity index (χ2n) is 10.2. The number of benzene rings is 2. The normalized spacial score (nSPS) is 12.3. The molecule has 2 aromatic carbocycles. The van der Waals surface area contributed by atoms with E-state index in [0.717, 1.165) is 17.4 Å². The molecular weight excluding hydrogens is 524 g/mol. The van der Waals surface area contributed by atoms with Gasteiger partial charge in [0.25, 0.3) is 11.8 Å².